The van der Waals surface area contributed by atoms with Crippen LogP contribution in [-0.4, -0.2) is 72.6 Å². The second-order valence-corrected chi connectivity index (χ2v) is 8.87. The number of methoxy groups -OCH3 is 1. The number of benzene rings is 1. The van der Waals surface area contributed by atoms with Crippen LogP contribution in [0.3, 0.4) is 0 Å². The first-order valence-electron chi connectivity index (χ1n) is 11.5. The van der Waals surface area contributed by atoms with Gasteiger partial charge in [0.25, 0.3) is 0 Å². The lowest BCUT2D eigenvalue weighted by molar-refractivity contribution is -0.158. The van der Waals surface area contributed by atoms with Crippen LogP contribution in [0.15, 0.2) is 24.3 Å². The van der Waals surface area contributed by atoms with Crippen molar-refractivity contribution in [2.75, 3.05) is 20.2 Å². The lowest BCUT2D eigenvalue weighted by Gasteiger charge is -2.39. The van der Waals surface area contributed by atoms with Crippen LogP contribution in [0.4, 0.5) is 4.39 Å². The Morgan fingerprint density at radius 3 is 2.53 bits per heavy atom. The van der Waals surface area contributed by atoms with E-state index in [9.17, 15) is 23.6 Å². The van der Waals surface area contributed by atoms with Gasteiger partial charge in [0, 0.05) is 19.9 Å². The minimum absolute atomic E-state index is 0.146. The zero-order valence-electron chi connectivity index (χ0n) is 19.8. The summed E-state index contributed by atoms with van der Waals surface area (Å²) in [5.74, 6) is -2.50. The van der Waals surface area contributed by atoms with E-state index in [1.165, 1.54) is 33.1 Å². The first-order valence-corrected chi connectivity index (χ1v) is 11.5. The number of carbonyl (C=O) groups excluding carboxylic acids is 4. The van der Waals surface area contributed by atoms with E-state index < -0.39 is 41.3 Å². The van der Waals surface area contributed by atoms with Gasteiger partial charge in [-0.15, -0.1) is 0 Å². The smallest absolute Gasteiger partial charge is 0.332 e. The molecular formula is C24H32FN3O6. The van der Waals surface area contributed by atoms with Crippen molar-refractivity contribution in [1.29, 1.82) is 0 Å². The molecule has 10 heteroatoms. The molecule has 4 atom stereocenters. The van der Waals surface area contributed by atoms with Crippen molar-refractivity contribution in [3.05, 3.63) is 35.6 Å². The predicted molar refractivity (Wildman–Crippen MR) is 120 cm³/mol. The Morgan fingerprint density at radius 1 is 1.24 bits per heavy atom. The van der Waals surface area contributed by atoms with Crippen molar-refractivity contribution in [3.8, 4) is 0 Å². The van der Waals surface area contributed by atoms with Crippen LogP contribution < -0.4 is 10.6 Å². The number of carbonyl (C=O) groups is 4. The summed E-state index contributed by atoms with van der Waals surface area (Å²) in [6.45, 7) is 3.80. The maximum absolute atomic E-state index is 13.8. The van der Waals surface area contributed by atoms with Gasteiger partial charge in [-0.3, -0.25) is 14.4 Å². The molecule has 34 heavy (non-hydrogen) atoms. The largest absolute Gasteiger partial charge is 0.467 e. The van der Waals surface area contributed by atoms with E-state index >= 15 is 0 Å². The van der Waals surface area contributed by atoms with E-state index in [2.05, 4.69) is 10.6 Å². The van der Waals surface area contributed by atoms with E-state index in [4.69, 9.17) is 9.47 Å². The van der Waals surface area contributed by atoms with Crippen LogP contribution in [0.1, 0.15) is 45.1 Å². The SMILES string of the molecule is COC(=O)[C@@H](NC(=O)C1(Cc2ccc(F)cc2)CCCN1C(=O)C1CCCN1)[C@@H](C)OC(C)=O. The maximum atomic E-state index is 13.8. The van der Waals surface area contributed by atoms with Gasteiger partial charge in [0.2, 0.25) is 11.8 Å². The molecule has 2 fully saturated rings. The normalized spacial score (nSPS) is 23.8. The minimum Gasteiger partial charge on any atom is -0.467 e. The summed E-state index contributed by atoms with van der Waals surface area (Å²) in [5.41, 5.74) is -0.611. The van der Waals surface area contributed by atoms with Crippen LogP contribution in [0.5, 0.6) is 0 Å². The minimum atomic E-state index is -1.29. The van der Waals surface area contributed by atoms with Gasteiger partial charge in [-0.1, -0.05) is 12.1 Å². The molecule has 186 valence electrons. The summed E-state index contributed by atoms with van der Waals surface area (Å²) in [5, 5.41) is 5.87. The molecule has 9 nitrogen and oxygen atoms in total. The van der Waals surface area contributed by atoms with E-state index in [0.717, 1.165) is 13.0 Å². The molecule has 1 aromatic carbocycles. The molecule has 2 amide bonds. The average molecular weight is 478 g/mol. The van der Waals surface area contributed by atoms with E-state index in [1.807, 2.05) is 0 Å². The lowest BCUT2D eigenvalue weighted by atomic mass is 9.86. The van der Waals surface area contributed by atoms with Crippen LogP contribution in [0.2, 0.25) is 0 Å². The fourth-order valence-corrected chi connectivity index (χ4v) is 4.82. The fraction of sp³-hybridized carbons (Fsp3) is 0.583. The molecule has 3 rings (SSSR count). The van der Waals surface area contributed by atoms with E-state index in [-0.39, 0.29) is 18.4 Å². The van der Waals surface area contributed by atoms with Gasteiger partial charge in [0.1, 0.15) is 17.5 Å². The number of likely N-dealkylation sites (tertiary alicyclic amines) is 1. The summed E-state index contributed by atoms with van der Waals surface area (Å²) < 4.78 is 23.5. The topological polar surface area (TPSA) is 114 Å². The van der Waals surface area contributed by atoms with Gasteiger partial charge in [-0.2, -0.15) is 0 Å². The third-order valence-electron chi connectivity index (χ3n) is 6.51. The Labute approximate surface area is 198 Å². The number of hydrogen-bond acceptors (Lipinski definition) is 7. The van der Waals surface area contributed by atoms with Crippen LogP contribution in [0, 0.1) is 5.82 Å². The number of halogens is 1. The van der Waals surface area contributed by atoms with Crippen LogP contribution >= 0.6 is 0 Å². The predicted octanol–water partition coefficient (Wildman–Crippen LogP) is 1.09. The molecule has 0 bridgehead atoms. The number of nitrogens with zero attached hydrogens (tertiary/aromatic N) is 1. The summed E-state index contributed by atoms with van der Waals surface area (Å²) in [7, 11) is 1.17. The summed E-state index contributed by atoms with van der Waals surface area (Å²) >= 11 is 0. The highest BCUT2D eigenvalue weighted by Crippen LogP contribution is 2.35. The van der Waals surface area contributed by atoms with E-state index in [1.54, 1.807) is 17.0 Å². The molecule has 2 saturated heterocycles. The fourth-order valence-electron chi connectivity index (χ4n) is 4.82. The Kier molecular flexibility index (Phi) is 8.24. The molecule has 0 radical (unpaired) electrons. The van der Waals surface area contributed by atoms with Gasteiger partial charge in [-0.25, -0.2) is 9.18 Å². The van der Waals surface area contributed by atoms with Gasteiger partial charge in [0.15, 0.2) is 6.04 Å². The number of hydrogen-bond donors (Lipinski definition) is 2. The van der Waals surface area contributed by atoms with Crippen molar-refractivity contribution < 1.29 is 33.0 Å². The van der Waals surface area contributed by atoms with Crippen molar-refractivity contribution in [1.82, 2.24) is 15.5 Å². The second kappa shape index (κ2) is 10.9. The van der Waals surface area contributed by atoms with Gasteiger partial charge in [0.05, 0.1) is 13.2 Å². The molecule has 1 aromatic rings. The van der Waals surface area contributed by atoms with Gasteiger partial charge >= 0.3 is 11.9 Å². The Balaban J connectivity index is 1.95. The van der Waals surface area contributed by atoms with Crippen molar-refractivity contribution >= 4 is 23.8 Å². The molecule has 0 aliphatic carbocycles. The summed E-state index contributed by atoms with van der Waals surface area (Å²) in [4.78, 5) is 52.8. The zero-order valence-corrected chi connectivity index (χ0v) is 19.8. The molecule has 2 aliphatic heterocycles. The molecule has 2 aliphatic rings. The number of ether oxygens (including phenoxy) is 2. The summed E-state index contributed by atoms with van der Waals surface area (Å²) in [6.07, 6.45) is 1.66. The third kappa shape index (κ3) is 5.55. The highest BCUT2D eigenvalue weighted by molar-refractivity contribution is 5.96. The number of rotatable bonds is 8. The highest BCUT2D eigenvalue weighted by Gasteiger charge is 2.52. The first kappa shape index (κ1) is 25.6. The molecule has 0 spiro atoms. The Bertz CT molecular complexity index is 918. The zero-order chi connectivity index (χ0) is 24.9. The van der Waals surface area contributed by atoms with Crippen molar-refractivity contribution in [3.63, 3.8) is 0 Å². The number of esters is 2. The van der Waals surface area contributed by atoms with Gasteiger partial charge < -0.3 is 25.0 Å². The molecule has 2 unspecified atom stereocenters. The maximum Gasteiger partial charge on any atom is 0.332 e. The highest BCUT2D eigenvalue weighted by atomic mass is 19.1. The van der Waals surface area contributed by atoms with Crippen molar-refractivity contribution in [2.24, 2.45) is 0 Å². The molecule has 0 saturated carbocycles. The average Bonchev–Trinajstić information content (AvgIpc) is 3.48. The summed E-state index contributed by atoms with van der Waals surface area (Å²) in [6, 6.07) is 4.14. The Morgan fingerprint density at radius 2 is 1.94 bits per heavy atom. The first-order chi connectivity index (χ1) is 16.2. The Hall–Kier alpha value is -3.01. The van der Waals surface area contributed by atoms with Crippen LogP contribution in [0.25, 0.3) is 0 Å². The number of amides is 2. The van der Waals surface area contributed by atoms with Gasteiger partial charge in [-0.05, 0) is 56.8 Å². The van der Waals surface area contributed by atoms with Crippen LogP contribution in [-0.2, 0) is 35.1 Å². The standard InChI is InChI=1S/C24H32FN3O6/c1-15(34-16(2)29)20(22(31)33-3)27-23(32)24(14-17-7-9-18(25)10-8-17)11-5-13-28(24)21(30)19-6-4-12-26-19/h7-10,15,19-20,26H,4-6,11-14H2,1-3H3,(H,27,32)/t15-,19?,20+,24?/m1/s1. The second-order valence-electron chi connectivity index (χ2n) is 8.87. The molecule has 2 heterocycles. The third-order valence-corrected chi connectivity index (χ3v) is 6.51. The van der Waals surface area contributed by atoms with Crippen molar-refractivity contribution in [2.45, 2.75) is 69.7 Å². The molecule has 2 N–H and O–H groups in total. The molecular weight excluding hydrogens is 445 g/mol. The monoisotopic (exact) mass is 477 g/mol. The number of nitrogens with one attached hydrogen (secondary N) is 2. The lowest BCUT2D eigenvalue weighted by Crippen LogP contribution is -2.64. The van der Waals surface area contributed by atoms with E-state index in [0.29, 0.717) is 31.4 Å². The molecule has 0 aromatic heterocycles. The quantitative estimate of drug-likeness (QED) is 0.539.